The highest BCUT2D eigenvalue weighted by Gasteiger charge is 2.37. The van der Waals surface area contributed by atoms with Gasteiger partial charge in [0.1, 0.15) is 0 Å². The lowest BCUT2D eigenvalue weighted by Crippen LogP contribution is -2.58. The van der Waals surface area contributed by atoms with Gasteiger partial charge in [0.25, 0.3) is 0 Å². The van der Waals surface area contributed by atoms with Crippen molar-refractivity contribution in [3.63, 3.8) is 0 Å². The van der Waals surface area contributed by atoms with E-state index in [2.05, 4.69) is 10.2 Å². The van der Waals surface area contributed by atoms with Crippen LogP contribution in [0.3, 0.4) is 0 Å². The van der Waals surface area contributed by atoms with Crippen LogP contribution in [-0.4, -0.2) is 61.1 Å². The monoisotopic (exact) mass is 373 g/mol. The lowest BCUT2D eigenvalue weighted by Gasteiger charge is -2.40. The first-order valence-corrected chi connectivity index (χ1v) is 10.0. The van der Waals surface area contributed by atoms with Crippen LogP contribution >= 0.6 is 0 Å². The Labute approximate surface area is 161 Å². The number of carbonyl (C=O) groups excluding carboxylic acids is 2. The van der Waals surface area contributed by atoms with Gasteiger partial charge in [-0.25, -0.2) is 4.79 Å². The standard InChI is InChI=1S/C21H31N3O3/c1-16(17-8-4-3-5-9-17)22-20(25)19(18-10-6-7-11-18)23-12-14-24(15-13-23)21(26)27-2/h3-5,8-9,16,18-19H,6-7,10-15H2,1-2H3,(H,22,25). The van der Waals surface area contributed by atoms with Gasteiger partial charge in [-0.05, 0) is 31.2 Å². The van der Waals surface area contributed by atoms with E-state index in [9.17, 15) is 9.59 Å². The van der Waals surface area contributed by atoms with Crippen molar-refractivity contribution in [1.29, 1.82) is 0 Å². The number of nitrogens with one attached hydrogen (secondary N) is 1. The number of amides is 2. The van der Waals surface area contributed by atoms with Crippen LogP contribution in [0.1, 0.15) is 44.2 Å². The van der Waals surface area contributed by atoms with Crippen molar-refractivity contribution >= 4 is 12.0 Å². The smallest absolute Gasteiger partial charge is 0.409 e. The van der Waals surface area contributed by atoms with Gasteiger partial charge >= 0.3 is 6.09 Å². The third kappa shape index (κ3) is 4.80. The zero-order valence-corrected chi connectivity index (χ0v) is 16.4. The first-order valence-electron chi connectivity index (χ1n) is 10.0. The molecule has 0 spiro atoms. The molecule has 27 heavy (non-hydrogen) atoms. The summed E-state index contributed by atoms with van der Waals surface area (Å²) in [5.41, 5.74) is 1.12. The van der Waals surface area contributed by atoms with Crippen LogP contribution in [-0.2, 0) is 9.53 Å². The second-order valence-electron chi connectivity index (χ2n) is 7.62. The molecule has 2 fully saturated rings. The van der Waals surface area contributed by atoms with Crippen molar-refractivity contribution in [2.75, 3.05) is 33.3 Å². The number of hydrogen-bond acceptors (Lipinski definition) is 4. The van der Waals surface area contributed by atoms with Crippen molar-refractivity contribution in [3.05, 3.63) is 35.9 Å². The van der Waals surface area contributed by atoms with Gasteiger partial charge in [-0.15, -0.1) is 0 Å². The summed E-state index contributed by atoms with van der Waals surface area (Å²) in [4.78, 5) is 28.9. The Hall–Kier alpha value is -2.08. The van der Waals surface area contributed by atoms with Gasteiger partial charge in [0.15, 0.2) is 0 Å². The van der Waals surface area contributed by atoms with E-state index in [1.165, 1.54) is 20.0 Å². The lowest BCUT2D eigenvalue weighted by atomic mass is 9.94. The van der Waals surface area contributed by atoms with Gasteiger partial charge in [-0.2, -0.15) is 0 Å². The Balaban J connectivity index is 1.66. The predicted molar refractivity (Wildman–Crippen MR) is 104 cm³/mol. The minimum atomic E-state index is -0.283. The number of ether oxygens (including phenoxy) is 1. The molecule has 1 aromatic carbocycles. The molecule has 0 radical (unpaired) electrons. The summed E-state index contributed by atoms with van der Waals surface area (Å²) < 4.78 is 4.82. The number of benzene rings is 1. The third-order valence-corrected chi connectivity index (χ3v) is 5.91. The quantitative estimate of drug-likeness (QED) is 0.862. The van der Waals surface area contributed by atoms with Crippen molar-refractivity contribution in [2.24, 2.45) is 5.92 Å². The molecule has 1 heterocycles. The third-order valence-electron chi connectivity index (χ3n) is 5.91. The van der Waals surface area contributed by atoms with E-state index in [0.29, 0.717) is 32.1 Å². The summed E-state index contributed by atoms with van der Waals surface area (Å²) in [7, 11) is 1.41. The van der Waals surface area contributed by atoms with Crippen LogP contribution < -0.4 is 5.32 Å². The lowest BCUT2D eigenvalue weighted by molar-refractivity contribution is -0.130. The fraction of sp³-hybridized carbons (Fsp3) is 0.619. The maximum atomic E-state index is 13.2. The molecule has 2 aliphatic rings. The normalized spacial score (nSPS) is 20.9. The molecule has 6 heteroatoms. The fourth-order valence-corrected chi connectivity index (χ4v) is 4.39. The van der Waals surface area contributed by atoms with E-state index in [0.717, 1.165) is 18.4 Å². The molecular weight excluding hydrogens is 342 g/mol. The Morgan fingerprint density at radius 1 is 1.07 bits per heavy atom. The molecule has 1 aromatic rings. The van der Waals surface area contributed by atoms with Crippen LogP contribution in [0.2, 0.25) is 0 Å². The average Bonchev–Trinajstić information content (AvgIpc) is 3.23. The predicted octanol–water partition coefficient (Wildman–Crippen LogP) is 2.81. The van der Waals surface area contributed by atoms with Gasteiger partial charge in [0.2, 0.25) is 5.91 Å². The Bertz CT molecular complexity index is 623. The van der Waals surface area contributed by atoms with Crippen molar-refractivity contribution < 1.29 is 14.3 Å². The van der Waals surface area contributed by atoms with Crippen LogP contribution in [0.25, 0.3) is 0 Å². The van der Waals surface area contributed by atoms with Gasteiger partial charge < -0.3 is 15.0 Å². The first kappa shape index (κ1) is 19.7. The van der Waals surface area contributed by atoms with E-state index < -0.39 is 0 Å². The Kier molecular flexibility index (Phi) is 6.72. The van der Waals surface area contributed by atoms with E-state index >= 15 is 0 Å². The molecule has 1 saturated carbocycles. The minimum Gasteiger partial charge on any atom is -0.453 e. The van der Waals surface area contributed by atoms with Gasteiger partial charge in [0, 0.05) is 26.2 Å². The second-order valence-corrected chi connectivity index (χ2v) is 7.62. The molecule has 1 aliphatic carbocycles. The first-order chi connectivity index (χ1) is 13.1. The highest BCUT2D eigenvalue weighted by molar-refractivity contribution is 5.82. The van der Waals surface area contributed by atoms with Gasteiger partial charge in [0.05, 0.1) is 19.2 Å². The molecule has 0 bridgehead atoms. The molecule has 2 amide bonds. The maximum absolute atomic E-state index is 13.2. The molecule has 3 rings (SSSR count). The average molecular weight is 373 g/mol. The number of hydrogen-bond donors (Lipinski definition) is 1. The SMILES string of the molecule is COC(=O)N1CCN(C(C(=O)NC(C)c2ccccc2)C2CCCC2)CC1. The van der Waals surface area contributed by atoms with E-state index in [1.807, 2.05) is 37.3 Å². The molecule has 2 unspecified atom stereocenters. The molecule has 2 atom stereocenters. The molecular formula is C21H31N3O3. The number of nitrogens with zero attached hydrogens (tertiary/aromatic N) is 2. The number of carbonyl (C=O) groups is 2. The number of methoxy groups -OCH3 is 1. The van der Waals surface area contributed by atoms with Crippen molar-refractivity contribution in [1.82, 2.24) is 15.1 Å². The minimum absolute atomic E-state index is 0.0149. The summed E-state index contributed by atoms with van der Waals surface area (Å²) in [6.07, 6.45) is 4.33. The highest BCUT2D eigenvalue weighted by atomic mass is 16.5. The molecule has 6 nitrogen and oxygen atoms in total. The molecule has 1 saturated heterocycles. The molecule has 1 N–H and O–H groups in total. The summed E-state index contributed by atoms with van der Waals surface area (Å²) in [6.45, 7) is 4.68. The summed E-state index contributed by atoms with van der Waals surface area (Å²) in [6, 6.07) is 9.95. The van der Waals surface area contributed by atoms with Crippen LogP contribution in [0.4, 0.5) is 4.79 Å². The van der Waals surface area contributed by atoms with E-state index in [1.54, 1.807) is 4.90 Å². The molecule has 0 aromatic heterocycles. The summed E-state index contributed by atoms with van der Waals surface area (Å²) in [5, 5.41) is 3.23. The number of piperazine rings is 1. The van der Waals surface area contributed by atoms with Crippen LogP contribution in [0.15, 0.2) is 30.3 Å². The summed E-state index contributed by atoms with van der Waals surface area (Å²) >= 11 is 0. The zero-order valence-electron chi connectivity index (χ0n) is 16.4. The van der Waals surface area contributed by atoms with Crippen molar-refractivity contribution in [2.45, 2.75) is 44.7 Å². The van der Waals surface area contributed by atoms with E-state index in [-0.39, 0.29) is 24.1 Å². The number of rotatable bonds is 5. The summed E-state index contributed by atoms with van der Waals surface area (Å²) in [5.74, 6) is 0.516. The molecule has 148 valence electrons. The van der Waals surface area contributed by atoms with Crippen LogP contribution in [0, 0.1) is 5.92 Å². The van der Waals surface area contributed by atoms with Crippen molar-refractivity contribution in [3.8, 4) is 0 Å². The Morgan fingerprint density at radius 2 is 1.70 bits per heavy atom. The van der Waals surface area contributed by atoms with Crippen LogP contribution in [0.5, 0.6) is 0 Å². The Morgan fingerprint density at radius 3 is 2.30 bits per heavy atom. The van der Waals surface area contributed by atoms with E-state index in [4.69, 9.17) is 4.74 Å². The maximum Gasteiger partial charge on any atom is 0.409 e. The zero-order chi connectivity index (χ0) is 19.2. The van der Waals surface area contributed by atoms with Gasteiger partial charge in [-0.1, -0.05) is 43.2 Å². The largest absolute Gasteiger partial charge is 0.453 e. The highest BCUT2D eigenvalue weighted by Crippen LogP contribution is 2.31. The molecule has 1 aliphatic heterocycles. The second kappa shape index (κ2) is 9.22. The topological polar surface area (TPSA) is 61.9 Å². The fourth-order valence-electron chi connectivity index (χ4n) is 4.39. The van der Waals surface area contributed by atoms with Gasteiger partial charge in [-0.3, -0.25) is 9.69 Å².